The molecule has 6 unspecified atom stereocenters. The van der Waals surface area contributed by atoms with Crippen LogP contribution in [-0.4, -0.2) is 49.3 Å². The van der Waals surface area contributed by atoms with E-state index in [2.05, 4.69) is 16.5 Å². The van der Waals surface area contributed by atoms with Gasteiger partial charge in [-0.15, -0.1) is 0 Å². The molecule has 3 N–H and O–H groups in total. The highest BCUT2D eigenvalue weighted by Crippen LogP contribution is 2.42. The number of aliphatic hydroxyl groups excluding tert-OH is 2. The maximum atomic E-state index is 12.8. The van der Waals surface area contributed by atoms with E-state index in [0.717, 1.165) is 38.9 Å². The summed E-state index contributed by atoms with van der Waals surface area (Å²) in [6.07, 6.45) is -1.76. The lowest BCUT2D eigenvalue weighted by Gasteiger charge is -2.43. The van der Waals surface area contributed by atoms with Gasteiger partial charge >= 0.3 is 0 Å². The second-order valence-electron chi connectivity index (χ2n) is 13.3. The molecule has 5 aromatic rings. The smallest absolute Gasteiger partial charge is 0.240 e. The van der Waals surface area contributed by atoms with Gasteiger partial charge in [0.05, 0.1) is 29.8 Å². The third-order valence-corrected chi connectivity index (χ3v) is 11.3. The van der Waals surface area contributed by atoms with Crippen LogP contribution < -0.4 is 4.72 Å². The Kier molecular flexibility index (Phi) is 11.8. The molecule has 6 rings (SSSR count). The molecule has 8 nitrogen and oxygen atoms in total. The van der Waals surface area contributed by atoms with Gasteiger partial charge in [-0.05, 0) is 65.6 Å². The normalized spacial score (nSPS) is 20.6. The second-order valence-corrected chi connectivity index (χ2v) is 15.1. The van der Waals surface area contributed by atoms with Crippen LogP contribution in [0.1, 0.15) is 60.2 Å². The quantitative estimate of drug-likeness (QED) is 0.119. The Morgan fingerprint density at radius 3 is 2.08 bits per heavy atom. The zero-order valence-electron chi connectivity index (χ0n) is 29.2. The Bertz CT molecular complexity index is 1960. The molecule has 0 radical (unpaired) electrons. The molecule has 0 spiro atoms. The van der Waals surface area contributed by atoms with Crippen LogP contribution in [0.25, 0.3) is 11.1 Å². The standard InChI is InChI=1S/C42H46N2O6S/c1-29-39(27-44(3)30(2)40(46)34-12-6-4-7-13-34)49-42(50-41(29)35-19-17-31(28-45)18-20-35)36-23-21-33(22-24-36)37-14-10-11-32(25-37)26-43-51(47,48)38-15-8-5-9-16-38/h4-25,29-30,39-43,45-46H,26-28H2,1-3H3. The van der Waals surface area contributed by atoms with Crippen LogP contribution in [0.15, 0.2) is 138 Å². The molecule has 0 bridgehead atoms. The number of likely N-dealkylation sites (N-methyl/N-ethyl adjacent to an activating group) is 1. The molecule has 0 aromatic heterocycles. The van der Waals surface area contributed by atoms with Gasteiger partial charge in [0, 0.05) is 30.6 Å². The third-order valence-electron chi connectivity index (χ3n) is 9.85. The van der Waals surface area contributed by atoms with Crippen molar-refractivity contribution in [2.24, 2.45) is 5.92 Å². The molecule has 1 aliphatic heterocycles. The molecule has 9 heteroatoms. The van der Waals surface area contributed by atoms with Crippen molar-refractivity contribution >= 4 is 10.0 Å². The van der Waals surface area contributed by atoms with Crippen molar-refractivity contribution in [1.29, 1.82) is 0 Å². The van der Waals surface area contributed by atoms with Gasteiger partial charge in [-0.3, -0.25) is 4.90 Å². The molecule has 0 saturated carbocycles. The highest BCUT2D eigenvalue weighted by atomic mass is 32.2. The molecule has 1 heterocycles. The first-order chi connectivity index (χ1) is 24.6. The van der Waals surface area contributed by atoms with Crippen LogP contribution >= 0.6 is 0 Å². The second kappa shape index (κ2) is 16.4. The van der Waals surface area contributed by atoms with E-state index in [1.165, 1.54) is 0 Å². The van der Waals surface area contributed by atoms with Gasteiger partial charge in [0.15, 0.2) is 6.29 Å². The van der Waals surface area contributed by atoms with Crippen LogP contribution in [0.3, 0.4) is 0 Å². The molecule has 1 fully saturated rings. The number of nitrogens with one attached hydrogen (secondary N) is 1. The molecule has 0 aliphatic carbocycles. The maximum Gasteiger partial charge on any atom is 0.240 e. The van der Waals surface area contributed by atoms with Crippen LogP contribution in [0.5, 0.6) is 0 Å². The number of sulfonamides is 1. The van der Waals surface area contributed by atoms with E-state index in [-0.39, 0.29) is 42.2 Å². The molecule has 266 valence electrons. The van der Waals surface area contributed by atoms with Crippen molar-refractivity contribution in [2.45, 2.75) is 62.5 Å². The van der Waals surface area contributed by atoms with Crippen molar-refractivity contribution in [2.75, 3.05) is 13.6 Å². The van der Waals surface area contributed by atoms with Gasteiger partial charge in [-0.1, -0.05) is 122 Å². The summed E-state index contributed by atoms with van der Waals surface area (Å²) in [7, 11) is -1.61. The molecule has 5 aromatic carbocycles. The van der Waals surface area contributed by atoms with Gasteiger partial charge < -0.3 is 19.7 Å². The fourth-order valence-electron chi connectivity index (χ4n) is 6.50. The summed E-state index contributed by atoms with van der Waals surface area (Å²) in [6, 6.07) is 41.6. The summed E-state index contributed by atoms with van der Waals surface area (Å²) in [4.78, 5) is 2.37. The van der Waals surface area contributed by atoms with Crippen LogP contribution in [0, 0.1) is 5.92 Å². The minimum atomic E-state index is -3.62. The predicted octanol–water partition coefficient (Wildman–Crippen LogP) is 7.17. The molecular formula is C42H46N2O6S. The zero-order valence-corrected chi connectivity index (χ0v) is 30.0. The summed E-state index contributed by atoms with van der Waals surface area (Å²) in [6.45, 7) is 4.88. The lowest BCUT2D eigenvalue weighted by Crippen LogP contribution is -2.46. The van der Waals surface area contributed by atoms with E-state index >= 15 is 0 Å². The van der Waals surface area contributed by atoms with Crippen LogP contribution in [0.2, 0.25) is 0 Å². The van der Waals surface area contributed by atoms with Crippen molar-refractivity contribution in [1.82, 2.24) is 9.62 Å². The van der Waals surface area contributed by atoms with E-state index in [1.54, 1.807) is 30.3 Å². The van der Waals surface area contributed by atoms with Gasteiger partial charge in [0.2, 0.25) is 10.0 Å². The molecule has 6 atom stereocenters. The van der Waals surface area contributed by atoms with E-state index in [4.69, 9.17) is 9.47 Å². The average Bonchev–Trinajstić information content (AvgIpc) is 3.18. The SMILES string of the molecule is CC1C(CN(C)C(C)C(O)c2ccccc2)OC(c2ccc(-c3cccc(CNS(=O)(=O)c4ccccc4)c3)cc2)OC1c1ccc(CO)cc1. The minimum Gasteiger partial charge on any atom is -0.392 e. The van der Waals surface area contributed by atoms with E-state index in [0.29, 0.717) is 6.54 Å². The number of hydrogen-bond acceptors (Lipinski definition) is 7. The van der Waals surface area contributed by atoms with Crippen LogP contribution in [-0.2, 0) is 32.6 Å². The number of nitrogens with zero attached hydrogens (tertiary/aromatic N) is 1. The lowest BCUT2D eigenvalue weighted by atomic mass is 9.89. The van der Waals surface area contributed by atoms with Gasteiger partial charge in [-0.25, -0.2) is 13.1 Å². The summed E-state index contributed by atoms with van der Waals surface area (Å²) in [5, 5.41) is 20.8. The minimum absolute atomic E-state index is 0.00827. The maximum absolute atomic E-state index is 12.8. The first kappa shape index (κ1) is 36.6. The van der Waals surface area contributed by atoms with Gasteiger partial charge in [-0.2, -0.15) is 0 Å². The lowest BCUT2D eigenvalue weighted by molar-refractivity contribution is -0.276. The Morgan fingerprint density at radius 2 is 1.41 bits per heavy atom. The predicted molar refractivity (Wildman–Crippen MR) is 199 cm³/mol. The Morgan fingerprint density at radius 1 is 0.765 bits per heavy atom. The summed E-state index contributed by atoms with van der Waals surface area (Å²) in [5.41, 5.74) is 6.38. The Hall–Kier alpha value is -4.19. The molecule has 51 heavy (non-hydrogen) atoms. The van der Waals surface area contributed by atoms with Gasteiger partial charge in [0.1, 0.15) is 0 Å². The molecule has 1 aliphatic rings. The number of ether oxygens (including phenoxy) is 2. The molecule has 0 amide bonds. The summed E-state index contributed by atoms with van der Waals surface area (Å²) < 4.78 is 41.6. The highest BCUT2D eigenvalue weighted by Gasteiger charge is 2.39. The summed E-state index contributed by atoms with van der Waals surface area (Å²) >= 11 is 0. The fraction of sp³-hybridized carbons (Fsp3) is 0.286. The molecular weight excluding hydrogens is 661 g/mol. The van der Waals surface area contributed by atoms with Crippen molar-refractivity contribution in [3.05, 3.63) is 161 Å². The first-order valence-electron chi connectivity index (χ1n) is 17.3. The van der Waals surface area contributed by atoms with Crippen molar-refractivity contribution in [3.8, 4) is 11.1 Å². The molecule has 1 saturated heterocycles. The first-order valence-corrected chi connectivity index (χ1v) is 18.8. The topological polar surface area (TPSA) is 108 Å². The number of hydrogen-bond donors (Lipinski definition) is 3. The zero-order chi connectivity index (χ0) is 36.0. The van der Waals surface area contributed by atoms with E-state index < -0.39 is 22.4 Å². The Labute approximate surface area is 301 Å². The number of benzene rings is 5. The largest absolute Gasteiger partial charge is 0.392 e. The van der Waals surface area contributed by atoms with Crippen molar-refractivity contribution < 1.29 is 28.1 Å². The average molecular weight is 707 g/mol. The van der Waals surface area contributed by atoms with E-state index in [9.17, 15) is 18.6 Å². The number of rotatable bonds is 13. The Balaban J connectivity index is 1.19. The monoisotopic (exact) mass is 706 g/mol. The fourth-order valence-corrected chi connectivity index (χ4v) is 7.54. The highest BCUT2D eigenvalue weighted by molar-refractivity contribution is 7.89. The third kappa shape index (κ3) is 8.83. The van der Waals surface area contributed by atoms with Gasteiger partial charge in [0.25, 0.3) is 0 Å². The van der Waals surface area contributed by atoms with Crippen molar-refractivity contribution in [3.63, 3.8) is 0 Å². The number of aliphatic hydroxyl groups is 2. The van der Waals surface area contributed by atoms with E-state index in [1.807, 2.05) is 117 Å². The van der Waals surface area contributed by atoms with Crippen LogP contribution in [0.4, 0.5) is 0 Å². The summed E-state index contributed by atoms with van der Waals surface area (Å²) in [5.74, 6) is -0.00827.